The zero-order chi connectivity index (χ0) is 16.2. The van der Waals surface area contributed by atoms with Crippen LogP contribution in [0.2, 0.25) is 5.02 Å². The highest BCUT2D eigenvalue weighted by molar-refractivity contribution is 7.92. The van der Waals surface area contributed by atoms with Crippen LogP contribution in [0.3, 0.4) is 0 Å². The summed E-state index contributed by atoms with van der Waals surface area (Å²) in [5, 5.41) is 2.66. The Balaban J connectivity index is 2.01. The van der Waals surface area contributed by atoms with Crippen LogP contribution in [0.15, 0.2) is 53.4 Å². The highest BCUT2D eigenvalue weighted by Crippen LogP contribution is 2.16. The van der Waals surface area contributed by atoms with Gasteiger partial charge in [-0.3, -0.25) is 4.79 Å². The first-order valence-electron chi connectivity index (χ1n) is 6.37. The Morgan fingerprint density at radius 2 is 1.86 bits per heavy atom. The molecule has 7 heteroatoms. The molecule has 2 aromatic rings. The molecule has 0 fully saturated rings. The molecule has 1 amide bonds. The summed E-state index contributed by atoms with van der Waals surface area (Å²) in [5.41, 5.74) is 0.288. The third kappa shape index (κ3) is 4.29. The van der Waals surface area contributed by atoms with Crippen LogP contribution < -0.4 is 5.32 Å². The first kappa shape index (κ1) is 16.5. The van der Waals surface area contributed by atoms with Gasteiger partial charge in [0.05, 0.1) is 4.90 Å². The number of sulfone groups is 1. The Kier molecular flexibility index (Phi) is 5.15. The molecule has 116 valence electrons. The number of rotatable bonds is 5. The van der Waals surface area contributed by atoms with Crippen molar-refractivity contribution in [3.8, 4) is 0 Å². The van der Waals surface area contributed by atoms with Gasteiger partial charge in [0.15, 0.2) is 9.84 Å². The van der Waals surface area contributed by atoms with Gasteiger partial charge < -0.3 is 5.32 Å². The molecule has 0 heterocycles. The summed E-state index contributed by atoms with van der Waals surface area (Å²) >= 11 is 5.74. The maximum Gasteiger partial charge on any atom is 0.235 e. The molecule has 1 N–H and O–H groups in total. The van der Waals surface area contributed by atoms with Crippen LogP contribution in [-0.2, 0) is 21.2 Å². The number of hydrogen-bond acceptors (Lipinski definition) is 3. The third-order valence-corrected chi connectivity index (χ3v) is 4.76. The maximum absolute atomic E-state index is 13.4. The number of carbonyl (C=O) groups excluding carboxylic acids is 1. The van der Waals surface area contributed by atoms with Crippen molar-refractivity contribution in [3.63, 3.8) is 0 Å². The van der Waals surface area contributed by atoms with E-state index in [0.717, 1.165) is 0 Å². The number of carbonyl (C=O) groups is 1. The molecule has 0 aliphatic carbocycles. The molecular weight excluding hydrogens is 329 g/mol. The van der Waals surface area contributed by atoms with Gasteiger partial charge in [0, 0.05) is 17.1 Å². The van der Waals surface area contributed by atoms with Gasteiger partial charge in [-0.05, 0) is 24.3 Å². The van der Waals surface area contributed by atoms with Crippen molar-refractivity contribution in [3.05, 3.63) is 64.9 Å². The van der Waals surface area contributed by atoms with Crippen LogP contribution in [0.4, 0.5) is 4.39 Å². The summed E-state index contributed by atoms with van der Waals surface area (Å²) in [5.74, 6) is -1.88. The minimum absolute atomic E-state index is 0.0268. The summed E-state index contributed by atoms with van der Waals surface area (Å²) in [7, 11) is -3.79. The van der Waals surface area contributed by atoms with Gasteiger partial charge in [-0.1, -0.05) is 35.9 Å². The van der Waals surface area contributed by atoms with Crippen LogP contribution in [0.25, 0.3) is 0 Å². The fraction of sp³-hybridized carbons (Fsp3) is 0.133. The van der Waals surface area contributed by atoms with Crippen molar-refractivity contribution >= 4 is 27.3 Å². The second-order valence-electron chi connectivity index (χ2n) is 4.58. The lowest BCUT2D eigenvalue weighted by Gasteiger charge is -2.07. The molecule has 4 nitrogen and oxygen atoms in total. The molecule has 0 saturated carbocycles. The lowest BCUT2D eigenvalue weighted by atomic mass is 10.2. The minimum atomic E-state index is -3.79. The second kappa shape index (κ2) is 6.89. The zero-order valence-electron chi connectivity index (χ0n) is 11.4. The number of nitrogens with one attached hydrogen (secondary N) is 1. The summed E-state index contributed by atoms with van der Waals surface area (Å²) < 4.78 is 37.6. The molecule has 0 bridgehead atoms. The maximum atomic E-state index is 13.4. The molecule has 2 aromatic carbocycles. The molecule has 22 heavy (non-hydrogen) atoms. The van der Waals surface area contributed by atoms with E-state index in [1.807, 2.05) is 0 Å². The molecule has 0 aromatic heterocycles. The van der Waals surface area contributed by atoms with Crippen molar-refractivity contribution in [1.82, 2.24) is 5.32 Å². The zero-order valence-corrected chi connectivity index (χ0v) is 13.0. The Bertz CT molecular complexity index is 793. The molecule has 0 saturated heterocycles. The van der Waals surface area contributed by atoms with E-state index in [1.165, 1.54) is 36.4 Å². The Morgan fingerprint density at radius 1 is 1.14 bits per heavy atom. The lowest BCUT2D eigenvalue weighted by molar-refractivity contribution is -0.118. The second-order valence-corrected chi connectivity index (χ2v) is 7.01. The van der Waals surface area contributed by atoms with Crippen molar-refractivity contribution in [2.24, 2.45) is 0 Å². The molecular formula is C15H13ClFNO3S. The lowest BCUT2D eigenvalue weighted by Crippen LogP contribution is -2.30. The number of benzene rings is 2. The largest absolute Gasteiger partial charge is 0.351 e. The van der Waals surface area contributed by atoms with Crippen LogP contribution in [0.5, 0.6) is 0 Å². The molecule has 0 aliphatic heterocycles. The average molecular weight is 342 g/mol. The van der Waals surface area contributed by atoms with Crippen molar-refractivity contribution < 1.29 is 17.6 Å². The number of hydrogen-bond donors (Lipinski definition) is 1. The molecule has 0 unspecified atom stereocenters. The van der Waals surface area contributed by atoms with Crippen LogP contribution in [-0.4, -0.2) is 20.1 Å². The predicted molar refractivity (Wildman–Crippen MR) is 81.8 cm³/mol. The average Bonchev–Trinajstić information content (AvgIpc) is 2.46. The van der Waals surface area contributed by atoms with Gasteiger partial charge in [-0.25, -0.2) is 12.8 Å². The monoisotopic (exact) mass is 341 g/mol. The van der Waals surface area contributed by atoms with Gasteiger partial charge in [0.1, 0.15) is 11.6 Å². The van der Waals surface area contributed by atoms with Crippen LogP contribution in [0, 0.1) is 5.82 Å². The summed E-state index contributed by atoms with van der Waals surface area (Å²) in [4.78, 5) is 11.7. The molecule has 0 atom stereocenters. The van der Waals surface area contributed by atoms with Gasteiger partial charge >= 0.3 is 0 Å². The van der Waals surface area contributed by atoms with E-state index in [2.05, 4.69) is 5.32 Å². The molecule has 2 rings (SSSR count). The normalized spacial score (nSPS) is 11.2. The highest BCUT2D eigenvalue weighted by Gasteiger charge is 2.19. The van der Waals surface area contributed by atoms with E-state index in [4.69, 9.17) is 11.6 Å². The Hall–Kier alpha value is -1.92. The molecule has 0 radical (unpaired) electrons. The third-order valence-electron chi connectivity index (χ3n) is 2.91. The fourth-order valence-corrected chi connectivity index (χ4v) is 3.26. The quantitative estimate of drug-likeness (QED) is 0.909. The SMILES string of the molecule is O=C(CS(=O)(=O)c1cccc(Cl)c1)NCc1ccccc1F. The van der Waals surface area contributed by atoms with Crippen molar-refractivity contribution in [2.45, 2.75) is 11.4 Å². The van der Waals surface area contributed by atoms with Gasteiger partial charge in [-0.15, -0.1) is 0 Å². The topological polar surface area (TPSA) is 63.2 Å². The van der Waals surface area contributed by atoms with E-state index >= 15 is 0 Å². The van der Waals surface area contributed by atoms with E-state index in [1.54, 1.807) is 12.1 Å². The first-order chi connectivity index (χ1) is 10.4. The minimum Gasteiger partial charge on any atom is -0.351 e. The molecule has 0 spiro atoms. The fourth-order valence-electron chi connectivity index (χ4n) is 1.80. The van der Waals surface area contributed by atoms with E-state index in [0.29, 0.717) is 0 Å². The molecule has 0 aliphatic rings. The van der Waals surface area contributed by atoms with Crippen molar-refractivity contribution in [2.75, 3.05) is 5.75 Å². The Labute approximate surface area is 132 Å². The number of amides is 1. The van der Waals surface area contributed by atoms with E-state index in [9.17, 15) is 17.6 Å². The highest BCUT2D eigenvalue weighted by atomic mass is 35.5. The summed E-state index contributed by atoms with van der Waals surface area (Å²) in [6.07, 6.45) is 0. The van der Waals surface area contributed by atoms with Crippen LogP contribution >= 0.6 is 11.6 Å². The summed E-state index contributed by atoms with van der Waals surface area (Å²) in [6.45, 7) is -0.0728. The standard InChI is InChI=1S/C15H13ClFNO3S/c16-12-5-3-6-13(8-12)22(20,21)10-15(19)18-9-11-4-1-2-7-14(11)17/h1-8H,9-10H2,(H,18,19). The van der Waals surface area contributed by atoms with Gasteiger partial charge in [0.2, 0.25) is 5.91 Å². The number of halogens is 2. The Morgan fingerprint density at radius 3 is 2.55 bits per heavy atom. The van der Waals surface area contributed by atoms with E-state index < -0.39 is 27.3 Å². The van der Waals surface area contributed by atoms with Crippen molar-refractivity contribution in [1.29, 1.82) is 0 Å². The van der Waals surface area contributed by atoms with Crippen LogP contribution in [0.1, 0.15) is 5.56 Å². The van der Waals surface area contributed by atoms with E-state index in [-0.39, 0.29) is 22.0 Å². The summed E-state index contributed by atoms with van der Waals surface area (Å²) in [6, 6.07) is 11.6. The van der Waals surface area contributed by atoms with Gasteiger partial charge in [0.25, 0.3) is 0 Å². The smallest absolute Gasteiger partial charge is 0.235 e. The predicted octanol–water partition coefficient (Wildman–Crippen LogP) is 2.57. The van der Waals surface area contributed by atoms with Gasteiger partial charge in [-0.2, -0.15) is 0 Å². The first-order valence-corrected chi connectivity index (χ1v) is 8.40.